The lowest BCUT2D eigenvalue weighted by Crippen LogP contribution is -1.90. The molecule has 0 fully saturated rings. The molecule has 2 aromatic carbocycles. The first-order valence-corrected chi connectivity index (χ1v) is 5.19. The molecule has 1 nitrogen and oxygen atoms in total. The number of benzene rings is 2. The van der Waals surface area contributed by atoms with Gasteiger partial charge in [-0.05, 0) is 41.5 Å². The quantitative estimate of drug-likeness (QED) is 0.736. The summed E-state index contributed by atoms with van der Waals surface area (Å²) < 4.78 is 26.1. The predicted octanol–water partition coefficient (Wildman–Crippen LogP) is 4.10. The molecule has 0 unspecified atom stereocenters. The van der Waals surface area contributed by atoms with E-state index in [2.05, 4.69) is 0 Å². The normalized spacial score (nSPS) is 10.3. The Labute approximate surface area is 102 Å². The highest BCUT2D eigenvalue weighted by molar-refractivity contribution is 6.30. The van der Waals surface area contributed by atoms with Crippen LogP contribution < -0.4 is 0 Å². The van der Waals surface area contributed by atoms with Crippen molar-refractivity contribution < 1.29 is 13.6 Å². The molecule has 0 aliphatic rings. The molecule has 86 valence electrons. The lowest BCUT2D eigenvalue weighted by atomic mass is 10.0. The molecule has 0 spiro atoms. The van der Waals surface area contributed by atoms with Gasteiger partial charge in [-0.1, -0.05) is 17.7 Å². The zero-order valence-electron chi connectivity index (χ0n) is 8.58. The summed E-state index contributed by atoms with van der Waals surface area (Å²) in [6.45, 7) is 0. The van der Waals surface area contributed by atoms with Crippen LogP contribution in [0.2, 0.25) is 5.02 Å². The molecule has 2 rings (SSSR count). The fraction of sp³-hybridized carbons (Fsp3) is 0. The molecular formula is C13H7ClF2O. The van der Waals surface area contributed by atoms with E-state index < -0.39 is 11.6 Å². The monoisotopic (exact) mass is 252 g/mol. The van der Waals surface area contributed by atoms with Crippen molar-refractivity contribution in [2.24, 2.45) is 0 Å². The maximum absolute atomic E-state index is 13.2. The van der Waals surface area contributed by atoms with Crippen LogP contribution in [-0.2, 0) is 0 Å². The van der Waals surface area contributed by atoms with E-state index in [-0.39, 0.29) is 10.6 Å². The summed E-state index contributed by atoms with van der Waals surface area (Å²) in [7, 11) is 0. The molecule has 0 amide bonds. The van der Waals surface area contributed by atoms with Crippen LogP contribution in [0, 0.1) is 11.6 Å². The number of hydrogen-bond donors (Lipinski definition) is 0. The summed E-state index contributed by atoms with van der Waals surface area (Å²) in [5.41, 5.74) is 1.05. The van der Waals surface area contributed by atoms with Crippen molar-refractivity contribution in [2.75, 3.05) is 0 Å². The van der Waals surface area contributed by atoms with Crippen molar-refractivity contribution in [1.82, 2.24) is 0 Å². The average Bonchev–Trinajstić information content (AvgIpc) is 2.27. The minimum Gasteiger partial charge on any atom is -0.298 e. The Balaban J connectivity index is 2.63. The molecule has 0 atom stereocenters. The molecule has 0 radical (unpaired) electrons. The van der Waals surface area contributed by atoms with Gasteiger partial charge in [0.25, 0.3) is 0 Å². The van der Waals surface area contributed by atoms with Crippen molar-refractivity contribution >= 4 is 17.9 Å². The van der Waals surface area contributed by atoms with E-state index in [9.17, 15) is 13.6 Å². The molecule has 0 saturated carbocycles. The van der Waals surface area contributed by atoms with E-state index in [1.165, 1.54) is 24.3 Å². The maximum Gasteiger partial charge on any atom is 0.150 e. The molecule has 0 heterocycles. The minimum atomic E-state index is -0.515. The number of aldehydes is 1. The highest BCUT2D eigenvalue weighted by atomic mass is 35.5. The molecular weight excluding hydrogens is 246 g/mol. The van der Waals surface area contributed by atoms with Crippen molar-refractivity contribution in [1.29, 1.82) is 0 Å². The van der Waals surface area contributed by atoms with E-state index in [0.717, 1.165) is 12.1 Å². The van der Waals surface area contributed by atoms with Gasteiger partial charge in [-0.15, -0.1) is 0 Å². The summed E-state index contributed by atoms with van der Waals surface area (Å²) in [5, 5.41) is 0.223. The highest BCUT2D eigenvalue weighted by Gasteiger charge is 2.08. The molecule has 0 saturated heterocycles. The van der Waals surface area contributed by atoms with Gasteiger partial charge in [0.1, 0.15) is 11.6 Å². The Morgan fingerprint density at radius 2 is 1.76 bits per heavy atom. The lowest BCUT2D eigenvalue weighted by Gasteiger charge is -2.06. The van der Waals surface area contributed by atoms with Gasteiger partial charge >= 0.3 is 0 Å². The summed E-state index contributed by atoms with van der Waals surface area (Å²) >= 11 is 5.72. The van der Waals surface area contributed by atoms with Crippen molar-refractivity contribution in [3.05, 3.63) is 58.6 Å². The topological polar surface area (TPSA) is 17.1 Å². The van der Waals surface area contributed by atoms with Gasteiger partial charge in [-0.3, -0.25) is 4.79 Å². The van der Waals surface area contributed by atoms with Crippen molar-refractivity contribution in [3.8, 4) is 11.1 Å². The van der Waals surface area contributed by atoms with Crippen LogP contribution in [-0.4, -0.2) is 6.29 Å². The molecule has 0 aliphatic heterocycles. The summed E-state index contributed by atoms with van der Waals surface area (Å²) in [6, 6.07) is 7.65. The van der Waals surface area contributed by atoms with Crippen LogP contribution in [0.1, 0.15) is 10.4 Å². The maximum atomic E-state index is 13.2. The first-order valence-electron chi connectivity index (χ1n) is 4.81. The fourth-order valence-corrected chi connectivity index (χ4v) is 1.83. The Kier molecular flexibility index (Phi) is 3.20. The highest BCUT2D eigenvalue weighted by Crippen LogP contribution is 2.27. The first kappa shape index (κ1) is 11.7. The zero-order valence-corrected chi connectivity index (χ0v) is 9.34. The summed E-state index contributed by atoms with van der Waals surface area (Å²) in [4.78, 5) is 10.8. The Morgan fingerprint density at radius 3 is 2.41 bits per heavy atom. The third kappa shape index (κ3) is 2.50. The number of carbonyl (C=O) groups is 1. The van der Waals surface area contributed by atoms with E-state index >= 15 is 0 Å². The van der Waals surface area contributed by atoms with Crippen LogP contribution in [0.5, 0.6) is 0 Å². The fourth-order valence-electron chi connectivity index (χ4n) is 1.60. The molecule has 4 heteroatoms. The molecule has 0 N–H and O–H groups in total. The van der Waals surface area contributed by atoms with Gasteiger partial charge in [0.15, 0.2) is 6.29 Å². The Morgan fingerprint density at radius 1 is 1.00 bits per heavy atom. The summed E-state index contributed by atoms with van der Waals surface area (Å²) in [5.74, 6) is -1.02. The van der Waals surface area contributed by atoms with Crippen LogP contribution in [0.15, 0.2) is 36.4 Å². The lowest BCUT2D eigenvalue weighted by molar-refractivity contribution is 0.112. The van der Waals surface area contributed by atoms with E-state index in [4.69, 9.17) is 11.6 Å². The predicted molar refractivity (Wildman–Crippen MR) is 62.2 cm³/mol. The molecule has 0 aliphatic carbocycles. The number of halogens is 3. The van der Waals surface area contributed by atoms with Gasteiger partial charge in [-0.2, -0.15) is 0 Å². The van der Waals surface area contributed by atoms with Crippen LogP contribution in [0.25, 0.3) is 11.1 Å². The second-order valence-corrected chi connectivity index (χ2v) is 3.94. The van der Waals surface area contributed by atoms with Crippen molar-refractivity contribution in [3.63, 3.8) is 0 Å². The van der Waals surface area contributed by atoms with Gasteiger partial charge in [0.05, 0.1) is 0 Å². The van der Waals surface area contributed by atoms with Gasteiger partial charge in [0, 0.05) is 10.6 Å². The third-order valence-electron chi connectivity index (χ3n) is 2.31. The number of carbonyl (C=O) groups excluding carboxylic acids is 1. The SMILES string of the molecule is O=Cc1cc(F)ccc1-c1cc(F)cc(Cl)c1. The molecule has 0 aromatic heterocycles. The minimum absolute atomic E-state index is 0.159. The first-order chi connectivity index (χ1) is 8.10. The van der Waals surface area contributed by atoms with Crippen LogP contribution >= 0.6 is 11.6 Å². The van der Waals surface area contributed by atoms with Crippen LogP contribution in [0.3, 0.4) is 0 Å². The zero-order chi connectivity index (χ0) is 12.4. The van der Waals surface area contributed by atoms with Crippen LogP contribution in [0.4, 0.5) is 8.78 Å². The van der Waals surface area contributed by atoms with Gasteiger partial charge in [0.2, 0.25) is 0 Å². The Bertz CT molecular complexity index is 561. The molecule has 0 bridgehead atoms. The number of rotatable bonds is 2. The summed E-state index contributed by atoms with van der Waals surface area (Å²) in [6.07, 6.45) is 0.525. The third-order valence-corrected chi connectivity index (χ3v) is 2.53. The smallest absolute Gasteiger partial charge is 0.150 e. The van der Waals surface area contributed by atoms with E-state index in [1.54, 1.807) is 0 Å². The number of hydrogen-bond acceptors (Lipinski definition) is 1. The standard InChI is InChI=1S/C13H7ClF2O/c14-10-3-8(4-12(16)6-10)13-2-1-11(15)5-9(13)7-17/h1-7H. The van der Waals surface area contributed by atoms with Crippen molar-refractivity contribution in [2.45, 2.75) is 0 Å². The second-order valence-electron chi connectivity index (χ2n) is 3.51. The molecule has 2 aromatic rings. The van der Waals surface area contributed by atoms with Gasteiger partial charge < -0.3 is 0 Å². The van der Waals surface area contributed by atoms with E-state index in [0.29, 0.717) is 17.4 Å². The Hall–Kier alpha value is -1.74. The van der Waals surface area contributed by atoms with E-state index in [1.807, 2.05) is 0 Å². The van der Waals surface area contributed by atoms with Gasteiger partial charge in [-0.25, -0.2) is 8.78 Å². The second kappa shape index (κ2) is 4.63. The molecule has 17 heavy (non-hydrogen) atoms. The average molecular weight is 253 g/mol. The largest absolute Gasteiger partial charge is 0.298 e.